The zero-order valence-corrected chi connectivity index (χ0v) is 12.0. The largest absolute Gasteiger partial charge is 0.352 e. The highest BCUT2D eigenvalue weighted by molar-refractivity contribution is 6.04. The van der Waals surface area contributed by atoms with E-state index in [1.54, 1.807) is 18.5 Å². The van der Waals surface area contributed by atoms with Crippen LogP contribution in [-0.4, -0.2) is 28.5 Å². The third-order valence-corrected chi connectivity index (χ3v) is 4.24. The van der Waals surface area contributed by atoms with Gasteiger partial charge in [0, 0.05) is 25.0 Å². The van der Waals surface area contributed by atoms with Gasteiger partial charge in [-0.1, -0.05) is 18.9 Å². The van der Waals surface area contributed by atoms with Gasteiger partial charge in [-0.25, -0.2) is 0 Å². The summed E-state index contributed by atoms with van der Waals surface area (Å²) in [5, 5.41) is 3.00. The van der Waals surface area contributed by atoms with Gasteiger partial charge < -0.3 is 11.1 Å². The van der Waals surface area contributed by atoms with Crippen molar-refractivity contribution in [1.29, 1.82) is 0 Å². The van der Waals surface area contributed by atoms with Gasteiger partial charge in [-0.05, 0) is 30.9 Å². The Hall–Kier alpha value is -2.01. The molecule has 1 amide bonds. The summed E-state index contributed by atoms with van der Waals surface area (Å²) in [5.41, 5.74) is 8.07. The fourth-order valence-corrected chi connectivity index (χ4v) is 2.98. The van der Waals surface area contributed by atoms with Gasteiger partial charge in [0.1, 0.15) is 5.52 Å². The minimum Gasteiger partial charge on any atom is -0.352 e. The van der Waals surface area contributed by atoms with Crippen LogP contribution in [0.1, 0.15) is 36.0 Å². The van der Waals surface area contributed by atoms with Crippen LogP contribution in [0.4, 0.5) is 0 Å². The third kappa shape index (κ3) is 3.03. The van der Waals surface area contributed by atoms with Crippen LogP contribution in [0, 0.1) is 5.92 Å². The predicted octanol–water partition coefficient (Wildman–Crippen LogP) is 1.88. The Bertz CT molecular complexity index is 638. The summed E-state index contributed by atoms with van der Waals surface area (Å²) in [4.78, 5) is 20.9. The van der Waals surface area contributed by atoms with Gasteiger partial charge in [-0.3, -0.25) is 14.8 Å². The minimum absolute atomic E-state index is 0.0983. The highest BCUT2D eigenvalue weighted by Gasteiger charge is 2.22. The van der Waals surface area contributed by atoms with Crippen molar-refractivity contribution < 1.29 is 4.79 Å². The average molecular weight is 284 g/mol. The molecule has 1 fully saturated rings. The molecule has 2 unspecified atom stereocenters. The summed E-state index contributed by atoms with van der Waals surface area (Å²) >= 11 is 0. The maximum Gasteiger partial charge on any atom is 0.253 e. The summed E-state index contributed by atoms with van der Waals surface area (Å²) in [7, 11) is 0. The number of aromatic nitrogens is 2. The van der Waals surface area contributed by atoms with Crippen molar-refractivity contribution in [3.05, 3.63) is 36.2 Å². The lowest BCUT2D eigenvalue weighted by Crippen LogP contribution is -2.41. The quantitative estimate of drug-likeness (QED) is 0.901. The van der Waals surface area contributed by atoms with Crippen LogP contribution in [0.5, 0.6) is 0 Å². The van der Waals surface area contributed by atoms with Crippen LogP contribution < -0.4 is 11.1 Å². The number of nitrogens with two attached hydrogens (primary N) is 1. The number of nitrogens with one attached hydrogen (secondary N) is 1. The zero-order valence-electron chi connectivity index (χ0n) is 12.0. The number of para-hydroxylation sites is 1. The highest BCUT2D eigenvalue weighted by Crippen LogP contribution is 2.22. The number of fused-ring (bicyclic) bond motifs is 1. The van der Waals surface area contributed by atoms with E-state index in [0.29, 0.717) is 23.5 Å². The zero-order chi connectivity index (χ0) is 14.7. The second kappa shape index (κ2) is 6.18. The molecule has 2 aromatic rings. The second-order valence-electron chi connectivity index (χ2n) is 5.65. The average Bonchev–Trinajstić information content (AvgIpc) is 2.53. The van der Waals surface area contributed by atoms with Crippen LogP contribution >= 0.6 is 0 Å². The lowest BCUT2D eigenvalue weighted by molar-refractivity contribution is 0.0943. The molecule has 3 rings (SSSR count). The van der Waals surface area contributed by atoms with Gasteiger partial charge in [-0.15, -0.1) is 0 Å². The van der Waals surface area contributed by atoms with Crippen LogP contribution in [0.15, 0.2) is 30.6 Å². The number of hydrogen-bond acceptors (Lipinski definition) is 4. The molecular weight excluding hydrogens is 264 g/mol. The second-order valence-corrected chi connectivity index (χ2v) is 5.65. The maximum absolute atomic E-state index is 12.4. The van der Waals surface area contributed by atoms with Crippen molar-refractivity contribution in [3.63, 3.8) is 0 Å². The molecule has 3 N–H and O–H groups in total. The molecule has 1 aromatic heterocycles. The van der Waals surface area contributed by atoms with E-state index in [-0.39, 0.29) is 11.9 Å². The molecule has 5 heteroatoms. The summed E-state index contributed by atoms with van der Waals surface area (Å²) in [5.74, 6) is 0.280. The van der Waals surface area contributed by atoms with Crippen LogP contribution in [0.25, 0.3) is 11.0 Å². The smallest absolute Gasteiger partial charge is 0.253 e. The van der Waals surface area contributed by atoms with Crippen LogP contribution in [-0.2, 0) is 0 Å². The number of carbonyl (C=O) groups excluding carboxylic acids is 1. The van der Waals surface area contributed by atoms with Gasteiger partial charge in [0.05, 0.1) is 11.1 Å². The Labute approximate surface area is 124 Å². The van der Waals surface area contributed by atoms with Gasteiger partial charge in [0.15, 0.2) is 0 Å². The fraction of sp³-hybridized carbons (Fsp3) is 0.438. The number of amides is 1. The number of hydrogen-bond donors (Lipinski definition) is 2. The van der Waals surface area contributed by atoms with Crippen molar-refractivity contribution in [1.82, 2.24) is 15.3 Å². The number of rotatable bonds is 3. The molecule has 5 nitrogen and oxygen atoms in total. The molecule has 21 heavy (non-hydrogen) atoms. The van der Waals surface area contributed by atoms with E-state index in [9.17, 15) is 4.79 Å². The van der Waals surface area contributed by atoms with Gasteiger partial charge >= 0.3 is 0 Å². The van der Waals surface area contributed by atoms with E-state index in [4.69, 9.17) is 5.73 Å². The summed E-state index contributed by atoms with van der Waals surface area (Å²) in [6.45, 7) is 0.636. The third-order valence-electron chi connectivity index (χ3n) is 4.24. The first kappa shape index (κ1) is 13.9. The van der Waals surface area contributed by atoms with E-state index in [2.05, 4.69) is 15.3 Å². The van der Waals surface area contributed by atoms with Gasteiger partial charge in [0.25, 0.3) is 5.91 Å². The number of carbonyl (C=O) groups is 1. The van der Waals surface area contributed by atoms with E-state index >= 15 is 0 Å². The topological polar surface area (TPSA) is 80.9 Å². The van der Waals surface area contributed by atoms with E-state index in [0.717, 1.165) is 18.4 Å². The number of benzene rings is 1. The van der Waals surface area contributed by atoms with Crippen molar-refractivity contribution >= 4 is 16.9 Å². The van der Waals surface area contributed by atoms with Gasteiger partial charge in [0.2, 0.25) is 0 Å². The standard InChI is InChI=1S/C16H20N4O/c17-13-6-2-1-4-11(13)10-20-16(21)12-5-3-7-14-15(12)19-9-8-18-14/h3,5,7-9,11,13H,1-2,4,6,10,17H2,(H,20,21). The molecule has 0 aliphatic heterocycles. The normalized spacial score (nSPS) is 22.1. The highest BCUT2D eigenvalue weighted by atomic mass is 16.1. The molecule has 1 aliphatic carbocycles. The maximum atomic E-state index is 12.4. The Morgan fingerprint density at radius 2 is 2.05 bits per heavy atom. The first-order chi connectivity index (χ1) is 10.3. The summed E-state index contributed by atoms with van der Waals surface area (Å²) in [6.07, 6.45) is 7.79. The molecule has 0 spiro atoms. The first-order valence-corrected chi connectivity index (χ1v) is 7.49. The molecule has 0 saturated heterocycles. The Morgan fingerprint density at radius 1 is 1.24 bits per heavy atom. The molecule has 1 aliphatic rings. The van der Waals surface area contributed by atoms with E-state index in [1.165, 1.54) is 12.8 Å². The SMILES string of the molecule is NC1CCCCC1CNC(=O)c1cccc2nccnc12. The lowest BCUT2D eigenvalue weighted by Gasteiger charge is -2.28. The molecule has 2 atom stereocenters. The van der Waals surface area contributed by atoms with E-state index < -0.39 is 0 Å². The van der Waals surface area contributed by atoms with Gasteiger partial charge in [-0.2, -0.15) is 0 Å². The Kier molecular flexibility index (Phi) is 4.10. The summed E-state index contributed by atoms with van der Waals surface area (Å²) in [6, 6.07) is 5.67. The van der Waals surface area contributed by atoms with Crippen molar-refractivity contribution in [2.24, 2.45) is 11.7 Å². The molecule has 1 aromatic carbocycles. The van der Waals surface area contributed by atoms with Crippen molar-refractivity contribution in [2.45, 2.75) is 31.7 Å². The molecular formula is C16H20N4O. The minimum atomic E-state index is -0.0983. The first-order valence-electron chi connectivity index (χ1n) is 7.49. The Balaban J connectivity index is 1.72. The number of nitrogens with zero attached hydrogens (tertiary/aromatic N) is 2. The summed E-state index contributed by atoms with van der Waals surface area (Å²) < 4.78 is 0. The van der Waals surface area contributed by atoms with Crippen LogP contribution in [0.3, 0.4) is 0 Å². The van der Waals surface area contributed by atoms with E-state index in [1.807, 2.05) is 12.1 Å². The molecule has 1 heterocycles. The lowest BCUT2D eigenvalue weighted by atomic mass is 9.85. The monoisotopic (exact) mass is 284 g/mol. The van der Waals surface area contributed by atoms with Crippen molar-refractivity contribution in [2.75, 3.05) is 6.54 Å². The van der Waals surface area contributed by atoms with Crippen LogP contribution in [0.2, 0.25) is 0 Å². The fourth-order valence-electron chi connectivity index (χ4n) is 2.98. The van der Waals surface area contributed by atoms with Crippen molar-refractivity contribution in [3.8, 4) is 0 Å². The molecule has 0 bridgehead atoms. The predicted molar refractivity (Wildman–Crippen MR) is 81.8 cm³/mol. The Morgan fingerprint density at radius 3 is 2.90 bits per heavy atom. The molecule has 0 radical (unpaired) electrons. The molecule has 110 valence electrons. The molecule has 1 saturated carbocycles.